The summed E-state index contributed by atoms with van der Waals surface area (Å²) < 4.78 is 16.3. The number of aromatic nitrogens is 2. The SMILES string of the molecule is COc1cc(Cc2cnc(N)nc2N)cc(C#Cc2c(O)ccc(C(C)=O)c2OC)c1OC. The van der Waals surface area contributed by atoms with E-state index in [1.165, 1.54) is 40.4 Å². The number of phenols is 1. The average Bonchev–Trinajstić information content (AvgIpc) is 2.79. The van der Waals surface area contributed by atoms with Crippen LogP contribution < -0.4 is 25.7 Å². The van der Waals surface area contributed by atoms with Gasteiger partial charge in [0.25, 0.3) is 0 Å². The van der Waals surface area contributed by atoms with Crippen LogP contribution in [-0.4, -0.2) is 42.2 Å². The summed E-state index contributed by atoms with van der Waals surface area (Å²) in [4.78, 5) is 19.9. The van der Waals surface area contributed by atoms with Crippen molar-refractivity contribution in [1.82, 2.24) is 9.97 Å². The van der Waals surface area contributed by atoms with Crippen molar-refractivity contribution in [1.29, 1.82) is 0 Å². The normalized spacial score (nSPS) is 10.2. The zero-order valence-electron chi connectivity index (χ0n) is 18.7. The number of hydrogen-bond donors (Lipinski definition) is 3. The molecule has 3 aromatic rings. The summed E-state index contributed by atoms with van der Waals surface area (Å²) in [7, 11) is 4.43. The van der Waals surface area contributed by atoms with Crippen LogP contribution in [0.3, 0.4) is 0 Å². The molecule has 2 aromatic carbocycles. The van der Waals surface area contributed by atoms with Crippen LogP contribution in [0.15, 0.2) is 30.5 Å². The maximum absolute atomic E-state index is 11.9. The Labute approximate surface area is 191 Å². The van der Waals surface area contributed by atoms with E-state index < -0.39 is 0 Å². The van der Waals surface area contributed by atoms with E-state index in [9.17, 15) is 9.90 Å². The highest BCUT2D eigenvalue weighted by Crippen LogP contribution is 2.35. The number of phenolic OH excluding ortho intramolecular Hbond substituents is 1. The summed E-state index contributed by atoms with van der Waals surface area (Å²) in [6.45, 7) is 1.41. The number of methoxy groups -OCH3 is 3. The van der Waals surface area contributed by atoms with Gasteiger partial charge in [-0.05, 0) is 36.8 Å². The Morgan fingerprint density at radius 2 is 1.79 bits per heavy atom. The molecule has 0 bridgehead atoms. The van der Waals surface area contributed by atoms with Crippen LogP contribution in [0, 0.1) is 11.8 Å². The third kappa shape index (κ3) is 4.91. The Bertz CT molecular complexity index is 1280. The van der Waals surface area contributed by atoms with Gasteiger partial charge in [0.15, 0.2) is 17.3 Å². The summed E-state index contributed by atoms with van der Waals surface area (Å²) >= 11 is 0. The second-order valence-electron chi connectivity index (χ2n) is 7.04. The molecule has 1 heterocycles. The molecule has 3 rings (SSSR count). The number of Topliss-reactive ketones (excluding diaryl/α,β-unsaturated/α-hetero) is 1. The minimum Gasteiger partial charge on any atom is -0.507 e. The molecule has 0 aliphatic heterocycles. The maximum atomic E-state index is 11.9. The number of aromatic hydroxyl groups is 1. The lowest BCUT2D eigenvalue weighted by atomic mass is 10.0. The zero-order chi connectivity index (χ0) is 24.1. The number of carbonyl (C=O) groups is 1. The fourth-order valence-corrected chi connectivity index (χ4v) is 3.32. The third-order valence-electron chi connectivity index (χ3n) is 4.89. The van der Waals surface area contributed by atoms with Crippen LogP contribution in [0.25, 0.3) is 0 Å². The first kappa shape index (κ1) is 23.2. The molecule has 0 radical (unpaired) electrons. The molecule has 170 valence electrons. The minimum atomic E-state index is -0.209. The van der Waals surface area contributed by atoms with Gasteiger partial charge in [-0.25, -0.2) is 4.98 Å². The molecule has 1 aromatic heterocycles. The first-order valence-electron chi connectivity index (χ1n) is 9.83. The van der Waals surface area contributed by atoms with Crippen LogP contribution in [0.1, 0.15) is 39.5 Å². The number of nitrogens with two attached hydrogens (primary N) is 2. The van der Waals surface area contributed by atoms with Gasteiger partial charge in [0.05, 0.1) is 32.5 Å². The van der Waals surface area contributed by atoms with Crippen LogP contribution in [0.4, 0.5) is 11.8 Å². The number of anilines is 2. The molecular weight excluding hydrogens is 424 g/mol. The number of carbonyl (C=O) groups excluding carboxylic acids is 1. The van der Waals surface area contributed by atoms with Crippen molar-refractivity contribution in [2.75, 3.05) is 32.8 Å². The standard InChI is InChI=1S/C24H24N4O5/c1-13(29)17-7-8-19(30)18(22(17)33-4)6-5-15-9-14(11-20(31-2)21(15)32-3)10-16-12-27-24(26)28-23(16)25/h7-9,11-12,30H,10H2,1-4H3,(H4,25,26,27,28). The maximum Gasteiger partial charge on any atom is 0.221 e. The smallest absolute Gasteiger partial charge is 0.221 e. The van der Waals surface area contributed by atoms with Gasteiger partial charge in [0, 0.05) is 18.2 Å². The van der Waals surface area contributed by atoms with Crippen molar-refractivity contribution >= 4 is 17.5 Å². The van der Waals surface area contributed by atoms with Crippen molar-refractivity contribution in [2.24, 2.45) is 0 Å². The third-order valence-corrected chi connectivity index (χ3v) is 4.89. The lowest BCUT2D eigenvalue weighted by Gasteiger charge is -2.13. The predicted octanol–water partition coefficient (Wildman–Crippen LogP) is 2.57. The van der Waals surface area contributed by atoms with E-state index in [0.717, 1.165) is 5.56 Å². The molecule has 0 spiro atoms. The molecule has 0 amide bonds. The van der Waals surface area contributed by atoms with Gasteiger partial charge in [0.1, 0.15) is 22.9 Å². The number of benzene rings is 2. The predicted molar refractivity (Wildman–Crippen MR) is 124 cm³/mol. The molecule has 9 heteroatoms. The van der Waals surface area contributed by atoms with Crippen molar-refractivity contribution in [3.63, 3.8) is 0 Å². The number of nitrogens with zero attached hydrogens (tertiary/aromatic N) is 2. The molecule has 0 saturated heterocycles. The number of nitrogen functional groups attached to an aromatic ring is 2. The van der Waals surface area contributed by atoms with E-state index in [1.54, 1.807) is 12.3 Å². The molecule has 5 N–H and O–H groups in total. The topological polar surface area (TPSA) is 143 Å². The molecular formula is C24H24N4O5. The van der Waals surface area contributed by atoms with Gasteiger partial charge in [-0.3, -0.25) is 4.79 Å². The lowest BCUT2D eigenvalue weighted by molar-refractivity contribution is 0.101. The van der Waals surface area contributed by atoms with E-state index in [4.69, 9.17) is 25.7 Å². The van der Waals surface area contributed by atoms with Gasteiger partial charge in [-0.1, -0.05) is 11.8 Å². The summed E-state index contributed by atoms with van der Waals surface area (Å²) in [6.07, 6.45) is 1.96. The number of ketones is 1. The molecule has 0 aliphatic rings. The Morgan fingerprint density at radius 3 is 2.39 bits per heavy atom. The Balaban J connectivity index is 2.13. The molecule has 0 atom stereocenters. The van der Waals surface area contributed by atoms with Gasteiger partial charge in [-0.15, -0.1) is 0 Å². The van der Waals surface area contributed by atoms with Crippen LogP contribution in [0.2, 0.25) is 0 Å². The molecule has 33 heavy (non-hydrogen) atoms. The van der Waals surface area contributed by atoms with Crippen molar-refractivity contribution in [3.8, 4) is 34.8 Å². The highest BCUT2D eigenvalue weighted by Gasteiger charge is 2.17. The van der Waals surface area contributed by atoms with Crippen LogP contribution in [-0.2, 0) is 6.42 Å². The van der Waals surface area contributed by atoms with Gasteiger partial charge < -0.3 is 30.8 Å². The molecule has 0 fully saturated rings. The monoisotopic (exact) mass is 448 g/mol. The summed E-state index contributed by atoms with van der Waals surface area (Å²) in [5.74, 6) is 7.02. The zero-order valence-corrected chi connectivity index (χ0v) is 18.7. The second kappa shape index (κ2) is 9.78. The van der Waals surface area contributed by atoms with E-state index in [2.05, 4.69) is 21.8 Å². The summed E-state index contributed by atoms with van der Waals surface area (Å²) in [5.41, 5.74) is 14.0. The fourth-order valence-electron chi connectivity index (χ4n) is 3.32. The fraction of sp³-hybridized carbons (Fsp3) is 0.208. The summed E-state index contributed by atoms with van der Waals surface area (Å²) in [5, 5.41) is 10.3. The van der Waals surface area contributed by atoms with Crippen molar-refractivity contribution in [3.05, 3.63) is 58.3 Å². The minimum absolute atomic E-state index is 0.0941. The highest BCUT2D eigenvalue weighted by atomic mass is 16.5. The Hall–Kier alpha value is -4.45. The summed E-state index contributed by atoms with van der Waals surface area (Å²) in [6, 6.07) is 6.50. The number of rotatable bonds is 6. The lowest BCUT2D eigenvalue weighted by Crippen LogP contribution is -2.04. The number of ether oxygens (including phenoxy) is 3. The Morgan fingerprint density at radius 1 is 1.06 bits per heavy atom. The number of hydrogen-bond acceptors (Lipinski definition) is 9. The van der Waals surface area contributed by atoms with Crippen molar-refractivity contribution in [2.45, 2.75) is 13.3 Å². The molecule has 0 unspecified atom stereocenters. The molecule has 9 nitrogen and oxygen atoms in total. The Kier molecular flexibility index (Phi) is 6.88. The second-order valence-corrected chi connectivity index (χ2v) is 7.04. The van der Waals surface area contributed by atoms with Crippen LogP contribution in [0.5, 0.6) is 23.0 Å². The van der Waals surface area contributed by atoms with Gasteiger partial charge >= 0.3 is 0 Å². The van der Waals surface area contributed by atoms with E-state index >= 15 is 0 Å². The highest BCUT2D eigenvalue weighted by molar-refractivity contribution is 5.98. The van der Waals surface area contributed by atoms with E-state index in [1.807, 2.05) is 6.07 Å². The van der Waals surface area contributed by atoms with Gasteiger partial charge in [-0.2, -0.15) is 4.98 Å². The largest absolute Gasteiger partial charge is 0.507 e. The molecule has 0 aliphatic carbocycles. The quantitative estimate of drug-likeness (QED) is 0.383. The van der Waals surface area contributed by atoms with E-state index in [-0.39, 0.29) is 34.6 Å². The van der Waals surface area contributed by atoms with Gasteiger partial charge in [0.2, 0.25) is 5.95 Å². The average molecular weight is 448 g/mol. The van der Waals surface area contributed by atoms with Crippen molar-refractivity contribution < 1.29 is 24.1 Å². The molecule has 0 saturated carbocycles. The van der Waals surface area contributed by atoms with E-state index in [0.29, 0.717) is 34.6 Å². The first-order chi connectivity index (χ1) is 15.8. The first-order valence-corrected chi connectivity index (χ1v) is 9.83. The van der Waals surface area contributed by atoms with Crippen LogP contribution >= 0.6 is 0 Å².